The summed E-state index contributed by atoms with van der Waals surface area (Å²) in [5.41, 5.74) is 4.61. The minimum absolute atomic E-state index is 0.125. The van der Waals surface area contributed by atoms with E-state index >= 15 is 0 Å². The van der Waals surface area contributed by atoms with E-state index in [1.807, 2.05) is 78.9 Å². The third-order valence-corrected chi connectivity index (χ3v) is 4.26. The van der Waals surface area contributed by atoms with Crippen molar-refractivity contribution in [1.29, 1.82) is 0 Å². The summed E-state index contributed by atoms with van der Waals surface area (Å²) in [5, 5.41) is 11.5. The Hall–Kier alpha value is -3.60. The number of carbonyl (C=O) groups excluding carboxylic acids is 1. The van der Waals surface area contributed by atoms with Crippen molar-refractivity contribution in [3.63, 3.8) is 0 Å². The standard InChI is InChI=1S/C23H21NO4/c25-22(26)15-8-17-6-9-19(10-7-17)20-11-13-21(14-12-20)24-23(27)28-16-18-4-2-1-3-5-18/h1-7,9-14H,8,15-16H2,(H,24,27)(H,25,26). The van der Waals surface area contributed by atoms with Gasteiger partial charge in [0.1, 0.15) is 6.61 Å². The highest BCUT2D eigenvalue weighted by Gasteiger charge is 2.05. The summed E-state index contributed by atoms with van der Waals surface area (Å²) < 4.78 is 5.21. The molecule has 0 radical (unpaired) electrons. The lowest BCUT2D eigenvalue weighted by molar-refractivity contribution is -0.136. The van der Waals surface area contributed by atoms with Crippen LogP contribution < -0.4 is 5.32 Å². The predicted molar refractivity (Wildman–Crippen MR) is 108 cm³/mol. The van der Waals surface area contributed by atoms with Gasteiger partial charge in [0, 0.05) is 12.1 Å². The number of aliphatic carboxylic acids is 1. The van der Waals surface area contributed by atoms with Gasteiger partial charge in [-0.15, -0.1) is 0 Å². The van der Waals surface area contributed by atoms with Gasteiger partial charge in [0.2, 0.25) is 0 Å². The molecule has 1 amide bonds. The zero-order chi connectivity index (χ0) is 19.8. The lowest BCUT2D eigenvalue weighted by Crippen LogP contribution is -2.13. The van der Waals surface area contributed by atoms with Crippen molar-refractivity contribution in [2.24, 2.45) is 0 Å². The van der Waals surface area contributed by atoms with Crippen molar-refractivity contribution in [3.8, 4) is 11.1 Å². The van der Waals surface area contributed by atoms with Gasteiger partial charge in [-0.2, -0.15) is 0 Å². The maximum Gasteiger partial charge on any atom is 0.411 e. The van der Waals surface area contributed by atoms with Crippen LogP contribution in [-0.4, -0.2) is 17.2 Å². The highest BCUT2D eigenvalue weighted by molar-refractivity contribution is 5.85. The van der Waals surface area contributed by atoms with Crippen LogP contribution >= 0.6 is 0 Å². The summed E-state index contributed by atoms with van der Waals surface area (Å²) in [5.74, 6) is -0.797. The normalized spacial score (nSPS) is 10.3. The van der Waals surface area contributed by atoms with Crippen LogP contribution in [0.4, 0.5) is 10.5 Å². The van der Waals surface area contributed by atoms with Gasteiger partial charge in [-0.25, -0.2) is 4.79 Å². The largest absolute Gasteiger partial charge is 0.481 e. The van der Waals surface area contributed by atoms with E-state index < -0.39 is 12.1 Å². The molecule has 28 heavy (non-hydrogen) atoms. The van der Waals surface area contributed by atoms with E-state index in [-0.39, 0.29) is 13.0 Å². The Kier molecular flexibility index (Phi) is 6.41. The molecular formula is C23H21NO4. The molecule has 0 atom stereocenters. The number of anilines is 1. The molecule has 3 aromatic carbocycles. The van der Waals surface area contributed by atoms with Gasteiger partial charge >= 0.3 is 12.1 Å². The van der Waals surface area contributed by atoms with Gasteiger partial charge in [0.25, 0.3) is 0 Å². The minimum atomic E-state index is -0.797. The van der Waals surface area contributed by atoms with Crippen molar-refractivity contribution in [2.75, 3.05) is 5.32 Å². The van der Waals surface area contributed by atoms with E-state index in [4.69, 9.17) is 9.84 Å². The van der Waals surface area contributed by atoms with E-state index in [0.717, 1.165) is 22.3 Å². The summed E-state index contributed by atoms with van der Waals surface area (Å²) in [6.45, 7) is 0.221. The first kappa shape index (κ1) is 19.2. The molecule has 0 spiro atoms. The van der Waals surface area contributed by atoms with Crippen molar-refractivity contribution in [3.05, 3.63) is 90.0 Å². The Morgan fingerprint density at radius 3 is 2.00 bits per heavy atom. The zero-order valence-electron chi connectivity index (χ0n) is 15.3. The maximum atomic E-state index is 11.9. The Labute approximate surface area is 163 Å². The van der Waals surface area contributed by atoms with Crippen LogP contribution in [0.5, 0.6) is 0 Å². The summed E-state index contributed by atoms with van der Waals surface area (Å²) in [6.07, 6.45) is 0.142. The van der Waals surface area contributed by atoms with E-state index in [1.165, 1.54) is 0 Å². The summed E-state index contributed by atoms with van der Waals surface area (Å²) >= 11 is 0. The lowest BCUT2D eigenvalue weighted by atomic mass is 10.0. The van der Waals surface area contributed by atoms with Crippen LogP contribution in [-0.2, 0) is 22.6 Å². The molecule has 0 bridgehead atoms. The molecule has 5 nitrogen and oxygen atoms in total. The molecule has 3 rings (SSSR count). The monoisotopic (exact) mass is 375 g/mol. The first-order valence-corrected chi connectivity index (χ1v) is 8.99. The molecule has 0 aliphatic heterocycles. The first-order chi connectivity index (χ1) is 13.6. The Balaban J connectivity index is 1.54. The van der Waals surface area contributed by atoms with Gasteiger partial charge in [-0.3, -0.25) is 10.1 Å². The molecule has 0 saturated heterocycles. The molecular weight excluding hydrogens is 354 g/mol. The highest BCUT2D eigenvalue weighted by atomic mass is 16.5. The number of rotatable bonds is 7. The van der Waals surface area contributed by atoms with Gasteiger partial charge in [-0.1, -0.05) is 66.7 Å². The third kappa shape index (κ3) is 5.71. The van der Waals surface area contributed by atoms with Crippen molar-refractivity contribution in [2.45, 2.75) is 19.4 Å². The number of nitrogens with one attached hydrogen (secondary N) is 1. The third-order valence-electron chi connectivity index (χ3n) is 4.26. The molecule has 5 heteroatoms. The fourth-order valence-corrected chi connectivity index (χ4v) is 2.74. The number of carboxylic acids is 1. The van der Waals surface area contributed by atoms with Crippen LogP contribution in [0.15, 0.2) is 78.9 Å². The van der Waals surface area contributed by atoms with Crippen LogP contribution in [0, 0.1) is 0 Å². The number of ether oxygens (including phenoxy) is 1. The number of amides is 1. The SMILES string of the molecule is O=C(O)CCc1ccc(-c2ccc(NC(=O)OCc3ccccc3)cc2)cc1. The smallest absolute Gasteiger partial charge is 0.411 e. The van der Waals surface area contributed by atoms with Crippen LogP contribution in [0.3, 0.4) is 0 Å². The second kappa shape index (κ2) is 9.37. The second-order valence-corrected chi connectivity index (χ2v) is 6.35. The lowest BCUT2D eigenvalue weighted by Gasteiger charge is -2.08. The van der Waals surface area contributed by atoms with E-state index in [1.54, 1.807) is 0 Å². The minimum Gasteiger partial charge on any atom is -0.481 e. The summed E-state index contributed by atoms with van der Waals surface area (Å²) in [4.78, 5) is 22.6. The van der Waals surface area contributed by atoms with Crippen molar-refractivity contribution < 1.29 is 19.4 Å². The van der Waals surface area contributed by atoms with E-state index in [9.17, 15) is 9.59 Å². The number of hydrogen-bond donors (Lipinski definition) is 2. The maximum absolute atomic E-state index is 11.9. The average molecular weight is 375 g/mol. The van der Waals surface area contributed by atoms with Gasteiger partial charge in [0.05, 0.1) is 0 Å². The van der Waals surface area contributed by atoms with Gasteiger partial charge < -0.3 is 9.84 Å². The predicted octanol–water partition coefficient (Wildman–Crippen LogP) is 5.12. The summed E-state index contributed by atoms with van der Waals surface area (Å²) in [6, 6.07) is 24.8. The van der Waals surface area contributed by atoms with Crippen LogP contribution in [0.2, 0.25) is 0 Å². The number of carboxylic acid groups (broad SMARTS) is 1. The molecule has 0 unspecified atom stereocenters. The molecule has 0 heterocycles. The molecule has 0 aliphatic carbocycles. The molecule has 142 valence electrons. The topological polar surface area (TPSA) is 75.6 Å². The fraction of sp³-hybridized carbons (Fsp3) is 0.130. The Morgan fingerprint density at radius 1 is 0.786 bits per heavy atom. The zero-order valence-corrected chi connectivity index (χ0v) is 15.3. The van der Waals surface area contributed by atoms with Crippen LogP contribution in [0.1, 0.15) is 17.5 Å². The average Bonchev–Trinajstić information content (AvgIpc) is 2.72. The summed E-state index contributed by atoms with van der Waals surface area (Å²) in [7, 11) is 0. The molecule has 3 aromatic rings. The highest BCUT2D eigenvalue weighted by Crippen LogP contribution is 2.22. The molecule has 0 saturated carbocycles. The fourth-order valence-electron chi connectivity index (χ4n) is 2.74. The first-order valence-electron chi connectivity index (χ1n) is 8.99. The quantitative estimate of drug-likeness (QED) is 0.601. The van der Waals surface area contributed by atoms with Crippen molar-refractivity contribution in [1.82, 2.24) is 0 Å². The van der Waals surface area contributed by atoms with E-state index in [0.29, 0.717) is 12.1 Å². The molecule has 0 aromatic heterocycles. The van der Waals surface area contributed by atoms with Gasteiger partial charge in [0.15, 0.2) is 0 Å². The van der Waals surface area contributed by atoms with Crippen molar-refractivity contribution >= 4 is 17.7 Å². The Morgan fingerprint density at radius 2 is 1.39 bits per heavy atom. The number of aryl methyl sites for hydroxylation is 1. The van der Waals surface area contributed by atoms with E-state index in [2.05, 4.69) is 5.32 Å². The van der Waals surface area contributed by atoms with Gasteiger partial charge in [-0.05, 0) is 40.8 Å². The van der Waals surface area contributed by atoms with Crippen LogP contribution in [0.25, 0.3) is 11.1 Å². The number of carbonyl (C=O) groups is 2. The molecule has 0 fully saturated rings. The number of benzene rings is 3. The number of hydrogen-bond acceptors (Lipinski definition) is 3. The second-order valence-electron chi connectivity index (χ2n) is 6.35. The molecule has 0 aliphatic rings. The Bertz CT molecular complexity index is 919. The molecule has 2 N–H and O–H groups in total.